The van der Waals surface area contributed by atoms with Gasteiger partial charge in [0.2, 0.25) is 0 Å². The zero-order valence-electron chi connectivity index (χ0n) is 10.6. The van der Waals surface area contributed by atoms with E-state index in [2.05, 4.69) is 17.2 Å². The van der Waals surface area contributed by atoms with E-state index in [1.165, 1.54) is 0 Å². The minimum atomic E-state index is -0.190. The second-order valence-electron chi connectivity index (χ2n) is 5.04. The number of hydrogen-bond donors (Lipinski definition) is 1. The van der Waals surface area contributed by atoms with Gasteiger partial charge >= 0.3 is 0 Å². The molecule has 0 spiro atoms. The molecule has 1 N–H and O–H groups in total. The number of nitrogens with zero attached hydrogens (tertiary/aromatic N) is 1. The fourth-order valence-corrected chi connectivity index (χ4v) is 2.73. The molecule has 1 atom stereocenters. The summed E-state index contributed by atoms with van der Waals surface area (Å²) in [6.45, 7) is 5.88. The third-order valence-electron chi connectivity index (χ3n) is 3.59. The van der Waals surface area contributed by atoms with Gasteiger partial charge in [0.15, 0.2) is 5.78 Å². The van der Waals surface area contributed by atoms with Crippen molar-refractivity contribution < 1.29 is 4.79 Å². The molecule has 1 aromatic heterocycles. The fourth-order valence-electron chi connectivity index (χ4n) is 2.73. The molecule has 0 aromatic carbocycles. The minimum Gasteiger partial charge on any atom is -0.316 e. The highest BCUT2D eigenvalue weighted by Gasteiger charge is 2.40. The zero-order chi connectivity index (χ0) is 12.3. The Hall–Kier alpha value is -1.22. The molecule has 1 unspecified atom stereocenters. The molecule has 0 saturated carbocycles. The van der Waals surface area contributed by atoms with Gasteiger partial charge in [-0.3, -0.25) is 9.78 Å². The number of pyridine rings is 1. The van der Waals surface area contributed by atoms with Crippen molar-refractivity contribution in [3.8, 4) is 0 Å². The van der Waals surface area contributed by atoms with Gasteiger partial charge in [0.25, 0.3) is 0 Å². The van der Waals surface area contributed by atoms with Crippen LogP contribution in [-0.2, 0) is 0 Å². The standard InChI is InChI=1S/C14H20N2O/c1-3-4-14(5-6-15-10-14)13(17)12-7-11(2)8-16-9-12/h7-9,15H,3-6,10H2,1-2H3. The van der Waals surface area contributed by atoms with Gasteiger partial charge in [-0.05, 0) is 37.9 Å². The Labute approximate surface area is 103 Å². The summed E-state index contributed by atoms with van der Waals surface area (Å²) in [6.07, 6.45) is 6.45. The Kier molecular flexibility index (Phi) is 3.57. The monoisotopic (exact) mass is 232 g/mol. The number of hydrogen-bond acceptors (Lipinski definition) is 3. The predicted octanol–water partition coefficient (Wildman–Crippen LogP) is 2.35. The van der Waals surface area contributed by atoms with Crippen LogP contribution in [-0.4, -0.2) is 23.9 Å². The SMILES string of the molecule is CCCC1(C(=O)c2cncc(C)c2)CCNC1. The number of nitrogens with one attached hydrogen (secondary N) is 1. The molecule has 92 valence electrons. The third kappa shape index (κ3) is 2.39. The van der Waals surface area contributed by atoms with Crippen molar-refractivity contribution in [3.05, 3.63) is 29.6 Å². The Bertz CT molecular complexity index is 408. The number of carbonyl (C=O) groups is 1. The molecule has 1 aromatic rings. The minimum absolute atomic E-state index is 0.190. The maximum Gasteiger partial charge on any atom is 0.171 e. The summed E-state index contributed by atoms with van der Waals surface area (Å²) in [5.74, 6) is 0.264. The molecule has 17 heavy (non-hydrogen) atoms. The van der Waals surface area contributed by atoms with Crippen LogP contribution in [0.2, 0.25) is 0 Å². The van der Waals surface area contributed by atoms with Gasteiger partial charge < -0.3 is 5.32 Å². The molecule has 1 aliphatic rings. The highest BCUT2D eigenvalue weighted by molar-refractivity contribution is 6.00. The average molecular weight is 232 g/mol. The molecule has 0 amide bonds. The number of aryl methyl sites for hydroxylation is 1. The molecule has 3 nitrogen and oxygen atoms in total. The first-order chi connectivity index (χ1) is 8.18. The van der Waals surface area contributed by atoms with Crippen LogP contribution in [0.15, 0.2) is 18.5 Å². The van der Waals surface area contributed by atoms with Gasteiger partial charge in [-0.15, -0.1) is 0 Å². The Morgan fingerprint density at radius 3 is 2.94 bits per heavy atom. The van der Waals surface area contributed by atoms with E-state index < -0.39 is 0 Å². The molecule has 0 radical (unpaired) electrons. The first-order valence-electron chi connectivity index (χ1n) is 6.35. The van der Waals surface area contributed by atoms with Crippen molar-refractivity contribution in [2.45, 2.75) is 33.1 Å². The molecule has 1 saturated heterocycles. The molecule has 2 heterocycles. The summed E-state index contributed by atoms with van der Waals surface area (Å²) in [4.78, 5) is 16.8. The lowest BCUT2D eigenvalue weighted by Crippen LogP contribution is -2.33. The summed E-state index contributed by atoms with van der Waals surface area (Å²) in [5, 5.41) is 3.32. The van der Waals surface area contributed by atoms with E-state index in [1.54, 1.807) is 12.4 Å². The summed E-state index contributed by atoms with van der Waals surface area (Å²) >= 11 is 0. The van der Waals surface area contributed by atoms with Gasteiger partial charge in [0.05, 0.1) is 0 Å². The molecular formula is C14H20N2O. The average Bonchev–Trinajstić information content (AvgIpc) is 2.78. The van der Waals surface area contributed by atoms with E-state index in [-0.39, 0.29) is 11.2 Å². The van der Waals surface area contributed by atoms with Crippen molar-refractivity contribution in [1.29, 1.82) is 0 Å². The largest absolute Gasteiger partial charge is 0.316 e. The van der Waals surface area contributed by atoms with E-state index in [0.29, 0.717) is 0 Å². The van der Waals surface area contributed by atoms with Crippen LogP contribution in [0.5, 0.6) is 0 Å². The zero-order valence-corrected chi connectivity index (χ0v) is 10.6. The molecule has 3 heteroatoms. The first-order valence-corrected chi connectivity index (χ1v) is 6.35. The molecule has 1 fully saturated rings. The Morgan fingerprint density at radius 2 is 2.35 bits per heavy atom. The van der Waals surface area contributed by atoms with E-state index in [0.717, 1.165) is 43.5 Å². The number of ketones is 1. The highest BCUT2D eigenvalue weighted by Crippen LogP contribution is 2.34. The lowest BCUT2D eigenvalue weighted by atomic mass is 9.76. The van der Waals surface area contributed by atoms with Crippen LogP contribution in [0.25, 0.3) is 0 Å². The third-order valence-corrected chi connectivity index (χ3v) is 3.59. The van der Waals surface area contributed by atoms with Crippen LogP contribution in [0, 0.1) is 12.3 Å². The van der Waals surface area contributed by atoms with E-state index in [4.69, 9.17) is 0 Å². The normalized spacial score (nSPS) is 23.9. The second kappa shape index (κ2) is 4.96. The van der Waals surface area contributed by atoms with Crippen molar-refractivity contribution in [3.63, 3.8) is 0 Å². The molecule has 2 rings (SSSR count). The lowest BCUT2D eigenvalue weighted by Gasteiger charge is -2.26. The fraction of sp³-hybridized carbons (Fsp3) is 0.571. The highest BCUT2D eigenvalue weighted by atomic mass is 16.1. The van der Waals surface area contributed by atoms with Gasteiger partial charge in [-0.25, -0.2) is 0 Å². The van der Waals surface area contributed by atoms with Crippen molar-refractivity contribution >= 4 is 5.78 Å². The van der Waals surface area contributed by atoms with Crippen molar-refractivity contribution in [1.82, 2.24) is 10.3 Å². The summed E-state index contributed by atoms with van der Waals surface area (Å²) in [5.41, 5.74) is 1.63. The van der Waals surface area contributed by atoms with Gasteiger partial charge in [-0.2, -0.15) is 0 Å². The predicted molar refractivity (Wildman–Crippen MR) is 68.1 cm³/mol. The topological polar surface area (TPSA) is 42.0 Å². The maximum absolute atomic E-state index is 12.6. The van der Waals surface area contributed by atoms with Gasteiger partial charge in [-0.1, -0.05) is 13.3 Å². The van der Waals surface area contributed by atoms with E-state index >= 15 is 0 Å². The number of aromatic nitrogens is 1. The summed E-state index contributed by atoms with van der Waals surface area (Å²) in [6, 6.07) is 1.95. The van der Waals surface area contributed by atoms with Crippen molar-refractivity contribution in [2.75, 3.05) is 13.1 Å². The lowest BCUT2D eigenvalue weighted by molar-refractivity contribution is 0.0801. The smallest absolute Gasteiger partial charge is 0.171 e. The number of Topliss-reactive ketones (excluding diaryl/α,β-unsaturated/α-hetero) is 1. The second-order valence-corrected chi connectivity index (χ2v) is 5.04. The summed E-state index contributed by atoms with van der Waals surface area (Å²) < 4.78 is 0. The maximum atomic E-state index is 12.6. The summed E-state index contributed by atoms with van der Waals surface area (Å²) in [7, 11) is 0. The number of carbonyl (C=O) groups excluding carboxylic acids is 1. The van der Waals surface area contributed by atoms with E-state index in [1.807, 2.05) is 13.0 Å². The molecule has 0 bridgehead atoms. The van der Waals surface area contributed by atoms with Crippen LogP contribution < -0.4 is 5.32 Å². The van der Waals surface area contributed by atoms with Crippen LogP contribution in [0.4, 0.5) is 0 Å². The quantitative estimate of drug-likeness (QED) is 0.810. The van der Waals surface area contributed by atoms with E-state index in [9.17, 15) is 4.79 Å². The number of rotatable bonds is 4. The molecule has 0 aliphatic carbocycles. The van der Waals surface area contributed by atoms with Crippen LogP contribution >= 0.6 is 0 Å². The van der Waals surface area contributed by atoms with Gasteiger partial charge in [0.1, 0.15) is 0 Å². The Balaban J connectivity index is 2.28. The van der Waals surface area contributed by atoms with Gasteiger partial charge in [0, 0.05) is 29.9 Å². The Morgan fingerprint density at radius 1 is 1.53 bits per heavy atom. The van der Waals surface area contributed by atoms with Crippen LogP contribution in [0.3, 0.4) is 0 Å². The van der Waals surface area contributed by atoms with Crippen LogP contribution in [0.1, 0.15) is 42.1 Å². The first kappa shape index (κ1) is 12.2. The molecule has 1 aliphatic heterocycles. The van der Waals surface area contributed by atoms with Crippen molar-refractivity contribution in [2.24, 2.45) is 5.41 Å². The molecular weight excluding hydrogens is 212 g/mol.